The van der Waals surface area contributed by atoms with Gasteiger partial charge in [-0.2, -0.15) is 0 Å². The molecule has 0 fully saturated rings. The number of hydrogen-bond acceptors (Lipinski definition) is 5. The maximum absolute atomic E-state index is 12.1. The van der Waals surface area contributed by atoms with Crippen molar-refractivity contribution in [2.75, 3.05) is 13.1 Å². The maximum atomic E-state index is 12.1. The minimum Gasteiger partial charge on any atom is -0.382 e. The SMILES string of the molecule is NC(CC(=O)NCCCCCNC(=O)C(O)C(N)Cc1ccccc1)Cc1ccccc1. The predicted molar refractivity (Wildman–Crippen MR) is 127 cm³/mol. The van der Waals surface area contributed by atoms with Gasteiger partial charge >= 0.3 is 0 Å². The molecule has 0 aliphatic carbocycles. The van der Waals surface area contributed by atoms with Crippen LogP contribution in [0.3, 0.4) is 0 Å². The molecule has 2 rings (SSSR count). The Hall–Kier alpha value is -2.74. The number of rotatable bonds is 14. The Bertz CT molecular complexity index is 801. The van der Waals surface area contributed by atoms with Crippen molar-refractivity contribution in [1.29, 1.82) is 0 Å². The number of nitrogens with two attached hydrogens (primary N) is 2. The van der Waals surface area contributed by atoms with Crippen LogP contribution >= 0.6 is 0 Å². The standard InChI is InChI=1S/C25H36N4O3/c26-21(16-19-10-4-1-5-11-19)18-23(30)28-14-8-3-9-15-29-25(32)24(31)22(27)17-20-12-6-2-7-13-20/h1-2,4-7,10-13,21-22,24,31H,3,8-9,14-18,26-27H2,(H,28,30)(H,29,32). The average Bonchev–Trinajstić information content (AvgIpc) is 2.79. The Morgan fingerprint density at radius 1 is 0.781 bits per heavy atom. The van der Waals surface area contributed by atoms with Crippen LogP contribution in [-0.2, 0) is 22.4 Å². The highest BCUT2D eigenvalue weighted by molar-refractivity contribution is 5.81. The van der Waals surface area contributed by atoms with Crippen LogP contribution in [0.1, 0.15) is 36.8 Å². The van der Waals surface area contributed by atoms with E-state index in [1.807, 2.05) is 60.7 Å². The molecule has 32 heavy (non-hydrogen) atoms. The molecule has 174 valence electrons. The normalized spacial score (nSPS) is 13.7. The number of aliphatic hydroxyl groups excluding tert-OH is 1. The molecule has 0 bridgehead atoms. The van der Waals surface area contributed by atoms with E-state index in [4.69, 9.17) is 11.5 Å². The third-order valence-electron chi connectivity index (χ3n) is 5.25. The lowest BCUT2D eigenvalue weighted by Crippen LogP contribution is -2.47. The summed E-state index contributed by atoms with van der Waals surface area (Å²) < 4.78 is 0. The molecular weight excluding hydrogens is 404 g/mol. The first-order chi connectivity index (χ1) is 15.5. The highest BCUT2D eigenvalue weighted by atomic mass is 16.3. The molecule has 7 heteroatoms. The van der Waals surface area contributed by atoms with Gasteiger partial charge in [-0.1, -0.05) is 60.7 Å². The predicted octanol–water partition coefficient (Wildman–Crippen LogP) is 1.28. The second-order valence-corrected chi connectivity index (χ2v) is 8.15. The number of hydrogen-bond donors (Lipinski definition) is 5. The number of unbranched alkanes of at least 4 members (excludes halogenated alkanes) is 2. The number of aliphatic hydroxyl groups is 1. The van der Waals surface area contributed by atoms with Crippen LogP contribution in [0.5, 0.6) is 0 Å². The van der Waals surface area contributed by atoms with Crippen molar-refractivity contribution in [2.24, 2.45) is 11.5 Å². The summed E-state index contributed by atoms with van der Waals surface area (Å²) in [4.78, 5) is 24.1. The molecule has 2 aromatic rings. The first kappa shape index (κ1) is 25.5. The quantitative estimate of drug-likeness (QED) is 0.283. The summed E-state index contributed by atoms with van der Waals surface area (Å²) in [6.45, 7) is 1.04. The number of nitrogens with one attached hydrogen (secondary N) is 2. The molecule has 0 aliphatic heterocycles. The third kappa shape index (κ3) is 10.0. The lowest BCUT2D eigenvalue weighted by Gasteiger charge is -2.18. The lowest BCUT2D eigenvalue weighted by molar-refractivity contribution is -0.130. The number of carbonyl (C=O) groups excluding carboxylic acids is 2. The maximum Gasteiger partial charge on any atom is 0.250 e. The molecule has 3 unspecified atom stereocenters. The number of carbonyl (C=O) groups is 2. The molecule has 0 heterocycles. The Kier molecular flexibility index (Phi) is 11.4. The zero-order chi connectivity index (χ0) is 23.2. The van der Waals surface area contributed by atoms with E-state index in [1.165, 1.54) is 0 Å². The Morgan fingerprint density at radius 2 is 1.31 bits per heavy atom. The fourth-order valence-electron chi connectivity index (χ4n) is 3.46. The van der Waals surface area contributed by atoms with E-state index in [0.29, 0.717) is 32.4 Å². The summed E-state index contributed by atoms with van der Waals surface area (Å²) in [5.41, 5.74) is 14.1. The van der Waals surface area contributed by atoms with Gasteiger partial charge in [-0.15, -0.1) is 0 Å². The average molecular weight is 441 g/mol. The largest absolute Gasteiger partial charge is 0.382 e. The highest BCUT2D eigenvalue weighted by Gasteiger charge is 2.22. The topological polar surface area (TPSA) is 130 Å². The molecule has 2 amide bonds. The van der Waals surface area contributed by atoms with Crippen molar-refractivity contribution >= 4 is 11.8 Å². The molecule has 7 N–H and O–H groups in total. The monoisotopic (exact) mass is 440 g/mol. The van der Waals surface area contributed by atoms with E-state index in [-0.39, 0.29) is 11.9 Å². The van der Waals surface area contributed by atoms with Crippen LogP contribution in [-0.4, -0.2) is 48.2 Å². The fraction of sp³-hybridized carbons (Fsp3) is 0.440. The van der Waals surface area contributed by atoms with Crippen LogP contribution in [0.25, 0.3) is 0 Å². The van der Waals surface area contributed by atoms with Gasteiger partial charge in [0.05, 0.1) is 0 Å². The summed E-state index contributed by atoms with van der Waals surface area (Å²) in [5.74, 6) is -0.494. The second kappa shape index (κ2) is 14.3. The van der Waals surface area contributed by atoms with Gasteiger partial charge in [0.2, 0.25) is 11.8 Å². The minimum absolute atomic E-state index is 0.0442. The fourth-order valence-corrected chi connectivity index (χ4v) is 3.46. The highest BCUT2D eigenvalue weighted by Crippen LogP contribution is 2.06. The molecule has 0 aromatic heterocycles. The van der Waals surface area contributed by atoms with Gasteiger partial charge < -0.3 is 27.2 Å². The van der Waals surface area contributed by atoms with Gasteiger partial charge in [0.25, 0.3) is 0 Å². The van der Waals surface area contributed by atoms with Crippen molar-refractivity contribution in [1.82, 2.24) is 10.6 Å². The van der Waals surface area contributed by atoms with E-state index in [1.54, 1.807) is 0 Å². The molecule has 0 radical (unpaired) electrons. The smallest absolute Gasteiger partial charge is 0.250 e. The van der Waals surface area contributed by atoms with Crippen molar-refractivity contribution in [3.63, 3.8) is 0 Å². The van der Waals surface area contributed by atoms with Gasteiger partial charge in [-0.3, -0.25) is 9.59 Å². The summed E-state index contributed by atoms with van der Waals surface area (Å²) in [7, 11) is 0. The molecule has 0 saturated carbocycles. The van der Waals surface area contributed by atoms with Crippen molar-refractivity contribution in [3.8, 4) is 0 Å². The summed E-state index contributed by atoms with van der Waals surface area (Å²) in [5, 5.41) is 15.7. The summed E-state index contributed by atoms with van der Waals surface area (Å²) >= 11 is 0. The van der Waals surface area contributed by atoms with E-state index in [2.05, 4.69) is 10.6 Å². The molecule has 7 nitrogen and oxygen atoms in total. The van der Waals surface area contributed by atoms with Crippen LogP contribution in [0.4, 0.5) is 0 Å². The van der Waals surface area contributed by atoms with Gasteiger partial charge in [0, 0.05) is 31.6 Å². The van der Waals surface area contributed by atoms with Gasteiger partial charge in [-0.05, 0) is 43.2 Å². The van der Waals surface area contributed by atoms with Gasteiger partial charge in [-0.25, -0.2) is 0 Å². The Balaban J connectivity index is 1.50. The van der Waals surface area contributed by atoms with Gasteiger partial charge in [0.15, 0.2) is 0 Å². The van der Waals surface area contributed by atoms with Crippen LogP contribution in [0.15, 0.2) is 60.7 Å². The number of benzene rings is 2. The summed E-state index contributed by atoms with van der Waals surface area (Å²) in [6.07, 6.45) is 2.59. The molecular formula is C25H36N4O3. The van der Waals surface area contributed by atoms with E-state index < -0.39 is 18.1 Å². The van der Waals surface area contributed by atoms with E-state index in [0.717, 1.165) is 30.4 Å². The molecule has 2 aromatic carbocycles. The first-order valence-corrected chi connectivity index (χ1v) is 11.3. The summed E-state index contributed by atoms with van der Waals surface area (Å²) in [6, 6.07) is 18.6. The third-order valence-corrected chi connectivity index (χ3v) is 5.25. The van der Waals surface area contributed by atoms with Crippen molar-refractivity contribution < 1.29 is 14.7 Å². The van der Waals surface area contributed by atoms with Crippen LogP contribution in [0.2, 0.25) is 0 Å². The second-order valence-electron chi connectivity index (χ2n) is 8.15. The van der Waals surface area contributed by atoms with E-state index in [9.17, 15) is 14.7 Å². The lowest BCUT2D eigenvalue weighted by atomic mass is 10.0. The van der Waals surface area contributed by atoms with Crippen LogP contribution in [0, 0.1) is 0 Å². The molecule has 0 aliphatic rings. The molecule has 0 spiro atoms. The van der Waals surface area contributed by atoms with Gasteiger partial charge in [0.1, 0.15) is 6.10 Å². The Labute approximate surface area is 190 Å². The first-order valence-electron chi connectivity index (χ1n) is 11.3. The molecule has 0 saturated heterocycles. The zero-order valence-corrected chi connectivity index (χ0v) is 18.6. The zero-order valence-electron chi connectivity index (χ0n) is 18.6. The number of amides is 2. The molecule has 3 atom stereocenters. The minimum atomic E-state index is -1.24. The van der Waals surface area contributed by atoms with Crippen LogP contribution < -0.4 is 22.1 Å². The Morgan fingerprint density at radius 3 is 1.91 bits per heavy atom. The van der Waals surface area contributed by atoms with Crippen molar-refractivity contribution in [3.05, 3.63) is 71.8 Å². The van der Waals surface area contributed by atoms with E-state index >= 15 is 0 Å². The van der Waals surface area contributed by atoms with Crippen molar-refractivity contribution in [2.45, 2.75) is 56.7 Å².